The van der Waals surface area contributed by atoms with E-state index in [1.165, 1.54) is 7.11 Å². The zero-order valence-corrected chi connectivity index (χ0v) is 10.7. The number of anilines is 1. The van der Waals surface area contributed by atoms with E-state index in [0.717, 1.165) is 11.3 Å². The van der Waals surface area contributed by atoms with Gasteiger partial charge in [0.15, 0.2) is 0 Å². The van der Waals surface area contributed by atoms with Gasteiger partial charge >= 0.3 is 5.97 Å². The summed E-state index contributed by atoms with van der Waals surface area (Å²) in [5.74, 6) is -0.333. The Kier molecular flexibility index (Phi) is 4.97. The molecule has 0 bridgehead atoms. The predicted molar refractivity (Wildman–Crippen MR) is 67.5 cm³/mol. The van der Waals surface area contributed by atoms with E-state index < -0.39 is 0 Å². The molecule has 0 saturated carbocycles. The monoisotopic (exact) mass is 237 g/mol. The van der Waals surface area contributed by atoms with Gasteiger partial charge in [0.1, 0.15) is 0 Å². The third-order valence-electron chi connectivity index (χ3n) is 2.40. The molecule has 1 unspecified atom stereocenters. The average molecular weight is 237 g/mol. The predicted octanol–water partition coefficient (Wildman–Crippen LogP) is 2.23. The Morgan fingerprint density at radius 3 is 2.71 bits per heavy atom. The molecule has 4 heteroatoms. The third kappa shape index (κ3) is 3.75. The molecule has 0 saturated heterocycles. The third-order valence-corrected chi connectivity index (χ3v) is 2.40. The number of hydrogen-bond acceptors (Lipinski definition) is 4. The molecule has 4 nitrogen and oxygen atoms in total. The van der Waals surface area contributed by atoms with Crippen molar-refractivity contribution in [3.63, 3.8) is 0 Å². The summed E-state index contributed by atoms with van der Waals surface area (Å²) in [5, 5.41) is 3.23. The summed E-state index contributed by atoms with van der Waals surface area (Å²) in [6.07, 6.45) is 0. The largest absolute Gasteiger partial charge is 0.465 e. The minimum absolute atomic E-state index is 0.131. The molecule has 1 aromatic rings. The Balaban J connectivity index is 2.94. The molecule has 0 aliphatic rings. The van der Waals surface area contributed by atoms with Crippen LogP contribution in [0.5, 0.6) is 0 Å². The van der Waals surface area contributed by atoms with Gasteiger partial charge in [-0.25, -0.2) is 4.79 Å². The van der Waals surface area contributed by atoms with Crippen molar-refractivity contribution >= 4 is 11.7 Å². The van der Waals surface area contributed by atoms with Crippen LogP contribution in [-0.2, 0) is 9.47 Å². The molecule has 0 aliphatic heterocycles. The van der Waals surface area contributed by atoms with Crippen LogP contribution in [0.25, 0.3) is 0 Å². The van der Waals surface area contributed by atoms with Gasteiger partial charge < -0.3 is 14.8 Å². The minimum Gasteiger partial charge on any atom is -0.465 e. The molecule has 0 aromatic heterocycles. The van der Waals surface area contributed by atoms with Crippen molar-refractivity contribution in [3.05, 3.63) is 29.3 Å². The number of hydrogen-bond donors (Lipinski definition) is 1. The smallest absolute Gasteiger partial charge is 0.339 e. The van der Waals surface area contributed by atoms with Gasteiger partial charge in [-0.3, -0.25) is 0 Å². The molecule has 1 rings (SSSR count). The Labute approximate surface area is 102 Å². The molecular weight excluding hydrogens is 218 g/mol. The van der Waals surface area contributed by atoms with E-state index in [9.17, 15) is 4.79 Å². The van der Waals surface area contributed by atoms with Crippen LogP contribution in [0.2, 0.25) is 0 Å². The van der Waals surface area contributed by atoms with E-state index in [4.69, 9.17) is 9.47 Å². The molecule has 0 fully saturated rings. The number of benzene rings is 1. The highest BCUT2D eigenvalue weighted by molar-refractivity contribution is 5.95. The summed E-state index contributed by atoms with van der Waals surface area (Å²) in [4.78, 5) is 11.6. The maximum atomic E-state index is 11.6. The standard InChI is InChI=1S/C13H19NO3/c1-9-5-6-12(14-10(2)8-16-3)11(7-9)13(15)17-4/h5-7,10,14H,8H2,1-4H3. The minimum atomic E-state index is -0.333. The number of aryl methyl sites for hydroxylation is 1. The fourth-order valence-corrected chi connectivity index (χ4v) is 1.62. The molecule has 17 heavy (non-hydrogen) atoms. The molecular formula is C13H19NO3. The number of carbonyl (C=O) groups excluding carboxylic acids is 1. The normalized spacial score (nSPS) is 12.0. The van der Waals surface area contributed by atoms with Crippen molar-refractivity contribution < 1.29 is 14.3 Å². The van der Waals surface area contributed by atoms with Crippen molar-refractivity contribution in [2.24, 2.45) is 0 Å². The maximum absolute atomic E-state index is 11.6. The van der Waals surface area contributed by atoms with Crippen LogP contribution in [0, 0.1) is 6.92 Å². The van der Waals surface area contributed by atoms with Crippen LogP contribution in [0.1, 0.15) is 22.8 Å². The van der Waals surface area contributed by atoms with Crippen LogP contribution in [-0.4, -0.2) is 32.8 Å². The molecule has 0 radical (unpaired) electrons. The summed E-state index contributed by atoms with van der Waals surface area (Å²) >= 11 is 0. The van der Waals surface area contributed by atoms with Crippen LogP contribution in [0.15, 0.2) is 18.2 Å². The molecule has 0 amide bonds. The van der Waals surface area contributed by atoms with Crippen LogP contribution < -0.4 is 5.32 Å². The Bertz CT molecular complexity index is 390. The van der Waals surface area contributed by atoms with Crippen LogP contribution in [0.4, 0.5) is 5.69 Å². The van der Waals surface area contributed by atoms with Gasteiger partial charge in [0.25, 0.3) is 0 Å². The van der Waals surface area contributed by atoms with E-state index >= 15 is 0 Å². The lowest BCUT2D eigenvalue weighted by atomic mass is 10.1. The second kappa shape index (κ2) is 6.25. The lowest BCUT2D eigenvalue weighted by Crippen LogP contribution is -2.22. The summed E-state index contributed by atoms with van der Waals surface area (Å²) in [6.45, 7) is 4.51. The SMILES string of the molecule is COCC(C)Nc1ccc(C)cc1C(=O)OC. The Morgan fingerprint density at radius 1 is 1.41 bits per heavy atom. The first kappa shape index (κ1) is 13.5. The van der Waals surface area contributed by atoms with Gasteiger partial charge in [-0.15, -0.1) is 0 Å². The number of rotatable bonds is 5. The number of methoxy groups -OCH3 is 2. The average Bonchev–Trinajstić information content (AvgIpc) is 2.30. The van der Waals surface area contributed by atoms with E-state index in [1.807, 2.05) is 32.0 Å². The second-order valence-electron chi connectivity index (χ2n) is 4.04. The van der Waals surface area contributed by atoms with Gasteiger partial charge in [0, 0.05) is 18.8 Å². The first-order valence-electron chi connectivity index (χ1n) is 5.53. The molecule has 0 heterocycles. The molecule has 0 aliphatic carbocycles. The highest BCUT2D eigenvalue weighted by atomic mass is 16.5. The van der Waals surface area contributed by atoms with E-state index in [2.05, 4.69) is 5.32 Å². The zero-order chi connectivity index (χ0) is 12.8. The second-order valence-corrected chi connectivity index (χ2v) is 4.04. The zero-order valence-electron chi connectivity index (χ0n) is 10.7. The van der Waals surface area contributed by atoms with Gasteiger partial charge in [-0.05, 0) is 26.0 Å². The van der Waals surface area contributed by atoms with Crippen LogP contribution >= 0.6 is 0 Å². The first-order valence-corrected chi connectivity index (χ1v) is 5.53. The Morgan fingerprint density at radius 2 is 2.12 bits per heavy atom. The molecule has 1 aromatic carbocycles. The van der Waals surface area contributed by atoms with Gasteiger partial charge in [-0.1, -0.05) is 11.6 Å². The highest BCUT2D eigenvalue weighted by Gasteiger charge is 2.13. The lowest BCUT2D eigenvalue weighted by molar-refractivity contribution is 0.0601. The van der Waals surface area contributed by atoms with Crippen LogP contribution in [0.3, 0.4) is 0 Å². The molecule has 94 valence electrons. The summed E-state index contributed by atoms with van der Waals surface area (Å²) < 4.78 is 9.81. The van der Waals surface area contributed by atoms with E-state index in [1.54, 1.807) is 7.11 Å². The van der Waals surface area contributed by atoms with Gasteiger partial charge in [-0.2, -0.15) is 0 Å². The number of carbonyl (C=O) groups is 1. The number of ether oxygens (including phenoxy) is 2. The van der Waals surface area contributed by atoms with Crippen molar-refractivity contribution in [2.45, 2.75) is 19.9 Å². The first-order chi connectivity index (χ1) is 8.08. The van der Waals surface area contributed by atoms with E-state index in [0.29, 0.717) is 12.2 Å². The summed E-state index contributed by atoms with van der Waals surface area (Å²) in [5.41, 5.74) is 2.35. The van der Waals surface area contributed by atoms with Crippen molar-refractivity contribution in [3.8, 4) is 0 Å². The van der Waals surface area contributed by atoms with E-state index in [-0.39, 0.29) is 12.0 Å². The number of nitrogens with one attached hydrogen (secondary N) is 1. The fourth-order valence-electron chi connectivity index (χ4n) is 1.62. The Hall–Kier alpha value is -1.55. The number of esters is 1. The van der Waals surface area contributed by atoms with Crippen molar-refractivity contribution in [1.29, 1.82) is 0 Å². The summed E-state index contributed by atoms with van der Waals surface area (Å²) in [6, 6.07) is 5.78. The molecule has 0 spiro atoms. The topological polar surface area (TPSA) is 47.6 Å². The quantitative estimate of drug-likeness (QED) is 0.798. The fraction of sp³-hybridized carbons (Fsp3) is 0.462. The maximum Gasteiger partial charge on any atom is 0.339 e. The molecule has 1 atom stereocenters. The highest BCUT2D eigenvalue weighted by Crippen LogP contribution is 2.19. The lowest BCUT2D eigenvalue weighted by Gasteiger charge is -2.17. The molecule has 1 N–H and O–H groups in total. The summed E-state index contributed by atoms with van der Waals surface area (Å²) in [7, 11) is 3.03. The van der Waals surface area contributed by atoms with Crippen molar-refractivity contribution in [1.82, 2.24) is 0 Å². The van der Waals surface area contributed by atoms with Gasteiger partial charge in [0.2, 0.25) is 0 Å². The van der Waals surface area contributed by atoms with Crippen molar-refractivity contribution in [2.75, 3.05) is 26.1 Å². The van der Waals surface area contributed by atoms with Gasteiger partial charge in [0.05, 0.1) is 19.3 Å².